The second-order valence-corrected chi connectivity index (χ2v) is 6.07. The molecule has 1 saturated heterocycles. The number of likely N-dealkylation sites (tertiary alicyclic amines) is 1. The van der Waals surface area contributed by atoms with Gasteiger partial charge in [0.15, 0.2) is 0 Å². The Bertz CT molecular complexity index is 492. The third kappa shape index (κ3) is 2.89. The second kappa shape index (κ2) is 6.03. The Balaban J connectivity index is 1.70. The van der Waals surface area contributed by atoms with Crippen molar-refractivity contribution >= 4 is 6.03 Å². The van der Waals surface area contributed by atoms with Crippen molar-refractivity contribution in [1.82, 2.24) is 24.6 Å². The largest absolute Gasteiger partial charge is 0.325 e. The van der Waals surface area contributed by atoms with Crippen LogP contribution >= 0.6 is 0 Å². The van der Waals surface area contributed by atoms with Crippen molar-refractivity contribution in [2.45, 2.75) is 51.5 Å². The molecule has 116 valence electrons. The number of carbonyl (C=O) groups is 1. The number of urea groups is 1. The van der Waals surface area contributed by atoms with Crippen LogP contribution in [0.2, 0.25) is 0 Å². The second-order valence-electron chi connectivity index (χ2n) is 6.07. The molecule has 21 heavy (non-hydrogen) atoms. The first-order valence-corrected chi connectivity index (χ1v) is 8.17. The Morgan fingerprint density at radius 3 is 2.76 bits per heavy atom. The fourth-order valence-corrected chi connectivity index (χ4v) is 3.23. The summed E-state index contributed by atoms with van der Waals surface area (Å²) in [5.41, 5.74) is 0. The van der Waals surface area contributed by atoms with Gasteiger partial charge in [-0.1, -0.05) is 0 Å². The molecule has 2 aliphatic rings. The Kier molecular flexibility index (Phi) is 4.12. The zero-order valence-corrected chi connectivity index (χ0v) is 13.0. The first-order valence-electron chi connectivity index (χ1n) is 8.17. The molecular weight excluding hydrogens is 266 g/mol. The van der Waals surface area contributed by atoms with Crippen LogP contribution in [-0.4, -0.2) is 56.8 Å². The quantitative estimate of drug-likeness (QED) is 0.855. The fraction of sp³-hybridized carbons (Fsp3) is 0.800. The molecule has 6 nitrogen and oxygen atoms in total. The third-order valence-electron chi connectivity index (χ3n) is 4.63. The van der Waals surface area contributed by atoms with Crippen molar-refractivity contribution in [2.75, 3.05) is 26.2 Å². The van der Waals surface area contributed by atoms with Gasteiger partial charge in [0, 0.05) is 38.1 Å². The zero-order chi connectivity index (χ0) is 14.8. The molecule has 2 amide bonds. The van der Waals surface area contributed by atoms with Gasteiger partial charge in [-0.2, -0.15) is 0 Å². The van der Waals surface area contributed by atoms with Crippen molar-refractivity contribution in [3.8, 4) is 0 Å². The summed E-state index contributed by atoms with van der Waals surface area (Å²) in [6.45, 7) is 7.26. The van der Waals surface area contributed by atoms with Gasteiger partial charge < -0.3 is 14.4 Å². The van der Waals surface area contributed by atoms with Gasteiger partial charge in [0.2, 0.25) is 0 Å². The summed E-state index contributed by atoms with van der Waals surface area (Å²) in [4.78, 5) is 16.4. The number of hydrogen-bond acceptors (Lipinski definition) is 3. The van der Waals surface area contributed by atoms with Gasteiger partial charge in [0.25, 0.3) is 0 Å². The van der Waals surface area contributed by atoms with E-state index in [1.165, 1.54) is 12.8 Å². The summed E-state index contributed by atoms with van der Waals surface area (Å²) in [5, 5.41) is 8.44. The van der Waals surface area contributed by atoms with E-state index in [2.05, 4.69) is 14.8 Å². The average Bonchev–Trinajstić information content (AvgIpc) is 3.25. The molecule has 3 rings (SSSR count). The molecular formula is C15H25N5O. The molecule has 0 bridgehead atoms. The van der Waals surface area contributed by atoms with Crippen molar-refractivity contribution in [3.63, 3.8) is 0 Å². The van der Waals surface area contributed by atoms with Crippen LogP contribution in [0, 0.1) is 0 Å². The third-order valence-corrected chi connectivity index (χ3v) is 4.63. The standard InChI is InChI=1S/C15H25N5O/c1-3-18(4-2)15(21)19-9-5-6-12(10-19)14-17-16-11-20(14)13-7-8-13/h11-13H,3-10H2,1-2H3. The van der Waals surface area contributed by atoms with Crippen LogP contribution in [0.15, 0.2) is 6.33 Å². The molecule has 1 aromatic heterocycles. The number of amides is 2. The predicted octanol–water partition coefficient (Wildman–Crippen LogP) is 2.25. The van der Waals surface area contributed by atoms with Gasteiger partial charge in [0.1, 0.15) is 12.2 Å². The highest BCUT2D eigenvalue weighted by molar-refractivity contribution is 5.74. The fourth-order valence-electron chi connectivity index (χ4n) is 3.23. The van der Waals surface area contributed by atoms with E-state index in [0.717, 1.165) is 44.8 Å². The van der Waals surface area contributed by atoms with Crippen LogP contribution in [-0.2, 0) is 0 Å². The highest BCUT2D eigenvalue weighted by atomic mass is 16.2. The van der Waals surface area contributed by atoms with Crippen molar-refractivity contribution in [1.29, 1.82) is 0 Å². The molecule has 0 spiro atoms. The van der Waals surface area contributed by atoms with Gasteiger partial charge in [-0.05, 0) is 39.5 Å². The van der Waals surface area contributed by atoms with E-state index in [9.17, 15) is 4.79 Å². The SMILES string of the molecule is CCN(CC)C(=O)N1CCCC(c2nncn2C2CC2)C1. The van der Waals surface area contributed by atoms with E-state index in [0.29, 0.717) is 12.0 Å². The topological polar surface area (TPSA) is 54.3 Å². The minimum Gasteiger partial charge on any atom is -0.325 e. The maximum Gasteiger partial charge on any atom is 0.320 e. The number of carbonyl (C=O) groups excluding carboxylic acids is 1. The highest BCUT2D eigenvalue weighted by Gasteiger charge is 2.33. The Hall–Kier alpha value is -1.59. The van der Waals surface area contributed by atoms with Crippen LogP contribution in [0.4, 0.5) is 4.79 Å². The number of hydrogen-bond donors (Lipinski definition) is 0. The smallest absolute Gasteiger partial charge is 0.320 e. The number of aromatic nitrogens is 3. The maximum absolute atomic E-state index is 12.5. The molecule has 1 unspecified atom stereocenters. The first-order chi connectivity index (χ1) is 10.2. The van der Waals surface area contributed by atoms with E-state index < -0.39 is 0 Å². The minimum atomic E-state index is 0.169. The molecule has 1 aromatic rings. The predicted molar refractivity (Wildman–Crippen MR) is 80.2 cm³/mol. The summed E-state index contributed by atoms with van der Waals surface area (Å²) in [6.07, 6.45) is 6.49. The summed E-state index contributed by atoms with van der Waals surface area (Å²) in [7, 11) is 0. The molecule has 1 aliphatic heterocycles. The molecule has 1 atom stereocenters. The van der Waals surface area contributed by atoms with Crippen molar-refractivity contribution in [3.05, 3.63) is 12.2 Å². The van der Waals surface area contributed by atoms with Crippen molar-refractivity contribution in [2.24, 2.45) is 0 Å². The maximum atomic E-state index is 12.5. The highest BCUT2D eigenvalue weighted by Crippen LogP contribution is 2.38. The molecule has 1 aliphatic carbocycles. The van der Waals surface area contributed by atoms with Gasteiger partial charge in [-0.3, -0.25) is 0 Å². The van der Waals surface area contributed by atoms with E-state index >= 15 is 0 Å². The first kappa shape index (κ1) is 14.4. The average molecular weight is 291 g/mol. The monoisotopic (exact) mass is 291 g/mol. The molecule has 0 radical (unpaired) electrons. The zero-order valence-electron chi connectivity index (χ0n) is 13.0. The van der Waals surface area contributed by atoms with Gasteiger partial charge in [-0.15, -0.1) is 10.2 Å². The summed E-state index contributed by atoms with van der Waals surface area (Å²) in [5.74, 6) is 1.41. The lowest BCUT2D eigenvalue weighted by Gasteiger charge is -2.35. The molecule has 2 heterocycles. The lowest BCUT2D eigenvalue weighted by Crippen LogP contribution is -2.47. The number of nitrogens with zero attached hydrogens (tertiary/aromatic N) is 5. The lowest BCUT2D eigenvalue weighted by molar-refractivity contribution is 0.141. The molecule has 0 N–H and O–H groups in total. The van der Waals surface area contributed by atoms with Gasteiger partial charge in [0.05, 0.1) is 0 Å². The molecule has 0 aromatic carbocycles. The van der Waals surface area contributed by atoms with E-state index in [1.807, 2.05) is 30.0 Å². The summed E-state index contributed by atoms with van der Waals surface area (Å²) < 4.78 is 2.23. The molecule has 1 saturated carbocycles. The van der Waals surface area contributed by atoms with Crippen LogP contribution < -0.4 is 0 Å². The van der Waals surface area contributed by atoms with Crippen LogP contribution in [0.3, 0.4) is 0 Å². The molecule has 2 fully saturated rings. The van der Waals surface area contributed by atoms with Crippen LogP contribution in [0.5, 0.6) is 0 Å². The van der Waals surface area contributed by atoms with Crippen LogP contribution in [0.1, 0.15) is 57.3 Å². The summed E-state index contributed by atoms with van der Waals surface area (Å²) >= 11 is 0. The van der Waals surface area contributed by atoms with E-state index in [-0.39, 0.29) is 6.03 Å². The van der Waals surface area contributed by atoms with E-state index in [4.69, 9.17) is 0 Å². The summed E-state index contributed by atoms with van der Waals surface area (Å²) in [6, 6.07) is 0.769. The van der Waals surface area contributed by atoms with Gasteiger partial charge in [-0.25, -0.2) is 4.79 Å². The Morgan fingerprint density at radius 1 is 1.33 bits per heavy atom. The minimum absolute atomic E-state index is 0.169. The van der Waals surface area contributed by atoms with Crippen LogP contribution in [0.25, 0.3) is 0 Å². The number of piperidine rings is 1. The lowest BCUT2D eigenvalue weighted by atomic mass is 9.97. The Morgan fingerprint density at radius 2 is 2.10 bits per heavy atom. The molecule has 6 heteroatoms. The van der Waals surface area contributed by atoms with E-state index in [1.54, 1.807) is 0 Å². The Labute approximate surface area is 126 Å². The van der Waals surface area contributed by atoms with Crippen molar-refractivity contribution < 1.29 is 4.79 Å². The van der Waals surface area contributed by atoms with Gasteiger partial charge >= 0.3 is 6.03 Å². The number of rotatable bonds is 4. The normalized spacial score (nSPS) is 22.4.